The van der Waals surface area contributed by atoms with Crippen molar-refractivity contribution in [3.63, 3.8) is 0 Å². The SMILES string of the molecule is CN[C@H](CN1CC[C@H](O[Si](C)(C)C(C)(C)C)C1)c1ccc(F)c(Br)c1. The largest absolute Gasteiger partial charge is 0.413 e. The third kappa shape index (κ3) is 5.36. The van der Waals surface area contributed by atoms with Gasteiger partial charge in [0.2, 0.25) is 0 Å². The van der Waals surface area contributed by atoms with Crippen LogP contribution in [0.2, 0.25) is 18.1 Å². The summed E-state index contributed by atoms with van der Waals surface area (Å²) in [6.07, 6.45) is 1.43. The van der Waals surface area contributed by atoms with Crippen molar-refractivity contribution in [1.82, 2.24) is 10.2 Å². The molecule has 1 aliphatic heterocycles. The fraction of sp³-hybridized carbons (Fsp3) is 0.684. The van der Waals surface area contributed by atoms with Crippen LogP contribution in [0.4, 0.5) is 4.39 Å². The molecule has 1 fully saturated rings. The first kappa shape index (κ1) is 21.0. The standard InChI is InChI=1S/C19H32BrFN2OSi/c1-19(2,3)25(5,6)24-15-9-10-23(12-15)13-18(22-4)14-7-8-17(21)16(20)11-14/h7-8,11,15,18,22H,9-10,12-13H2,1-6H3/t15-,18+/m0/s1. The van der Waals surface area contributed by atoms with Gasteiger partial charge in [-0.1, -0.05) is 26.8 Å². The quantitative estimate of drug-likeness (QED) is 0.646. The number of nitrogens with one attached hydrogen (secondary N) is 1. The summed E-state index contributed by atoms with van der Waals surface area (Å²) in [5, 5.41) is 3.61. The molecule has 1 heterocycles. The van der Waals surface area contributed by atoms with Crippen molar-refractivity contribution in [2.75, 3.05) is 26.7 Å². The number of hydrogen-bond donors (Lipinski definition) is 1. The Labute approximate surface area is 161 Å². The van der Waals surface area contributed by atoms with E-state index in [-0.39, 0.29) is 16.9 Å². The topological polar surface area (TPSA) is 24.5 Å². The molecule has 6 heteroatoms. The minimum absolute atomic E-state index is 0.184. The average molecular weight is 431 g/mol. The molecule has 0 aromatic heterocycles. The van der Waals surface area contributed by atoms with E-state index in [2.05, 4.69) is 60.0 Å². The first-order chi connectivity index (χ1) is 11.5. The van der Waals surface area contributed by atoms with Gasteiger partial charge in [-0.25, -0.2) is 4.39 Å². The van der Waals surface area contributed by atoms with Gasteiger partial charge in [0, 0.05) is 25.7 Å². The molecule has 2 atom stereocenters. The zero-order valence-electron chi connectivity index (χ0n) is 16.3. The third-order valence-corrected chi connectivity index (χ3v) is 10.8. The molecular formula is C19H32BrFN2OSi. The molecule has 1 N–H and O–H groups in total. The van der Waals surface area contributed by atoms with Gasteiger partial charge in [0.1, 0.15) is 5.82 Å². The fourth-order valence-electron chi connectivity index (χ4n) is 3.00. The molecule has 0 spiro atoms. The predicted octanol–water partition coefficient (Wildman–Crippen LogP) is 4.94. The molecule has 0 saturated carbocycles. The van der Waals surface area contributed by atoms with Gasteiger partial charge >= 0.3 is 0 Å². The Morgan fingerprint density at radius 2 is 2.08 bits per heavy atom. The molecule has 1 aromatic carbocycles. The molecule has 2 rings (SSSR count). The Bertz CT molecular complexity index is 591. The maximum absolute atomic E-state index is 13.5. The van der Waals surface area contributed by atoms with E-state index in [1.165, 1.54) is 6.07 Å². The molecule has 0 unspecified atom stereocenters. The van der Waals surface area contributed by atoms with Crippen LogP contribution >= 0.6 is 15.9 Å². The summed E-state index contributed by atoms with van der Waals surface area (Å²) < 4.78 is 20.6. The van der Waals surface area contributed by atoms with Crippen molar-refractivity contribution in [2.24, 2.45) is 0 Å². The third-order valence-electron chi connectivity index (χ3n) is 5.63. The van der Waals surface area contributed by atoms with Crippen LogP contribution in [0.3, 0.4) is 0 Å². The molecule has 1 aliphatic rings. The van der Waals surface area contributed by atoms with E-state index >= 15 is 0 Å². The Morgan fingerprint density at radius 3 is 2.64 bits per heavy atom. The zero-order chi connectivity index (χ0) is 18.8. The highest BCUT2D eigenvalue weighted by atomic mass is 79.9. The molecule has 0 amide bonds. The second-order valence-electron chi connectivity index (χ2n) is 8.56. The van der Waals surface area contributed by atoms with Gasteiger partial charge < -0.3 is 9.74 Å². The molecule has 0 radical (unpaired) electrons. The number of rotatable bonds is 6. The van der Waals surface area contributed by atoms with Gasteiger partial charge in [0.05, 0.1) is 10.6 Å². The van der Waals surface area contributed by atoms with Crippen LogP contribution in [-0.4, -0.2) is 46.0 Å². The Balaban J connectivity index is 1.96. The van der Waals surface area contributed by atoms with E-state index in [1.807, 2.05) is 19.2 Å². The van der Waals surface area contributed by atoms with Crippen molar-refractivity contribution >= 4 is 24.2 Å². The number of likely N-dealkylation sites (N-methyl/N-ethyl adjacent to an activating group) is 1. The molecule has 25 heavy (non-hydrogen) atoms. The summed E-state index contributed by atoms with van der Waals surface area (Å²) in [4.78, 5) is 2.45. The summed E-state index contributed by atoms with van der Waals surface area (Å²) >= 11 is 3.29. The van der Waals surface area contributed by atoms with E-state index in [1.54, 1.807) is 0 Å². The van der Waals surface area contributed by atoms with Crippen LogP contribution in [-0.2, 0) is 4.43 Å². The van der Waals surface area contributed by atoms with Crippen LogP contribution in [0.1, 0.15) is 38.8 Å². The van der Waals surface area contributed by atoms with Crippen molar-refractivity contribution in [2.45, 2.75) is 57.5 Å². The Morgan fingerprint density at radius 1 is 1.40 bits per heavy atom. The molecule has 0 bridgehead atoms. The number of likely N-dealkylation sites (tertiary alicyclic amines) is 1. The number of hydrogen-bond acceptors (Lipinski definition) is 3. The summed E-state index contributed by atoms with van der Waals surface area (Å²) in [6.45, 7) is 14.4. The molecule has 1 aromatic rings. The van der Waals surface area contributed by atoms with E-state index in [0.29, 0.717) is 10.6 Å². The second kappa shape index (κ2) is 8.17. The van der Waals surface area contributed by atoms with Crippen LogP contribution < -0.4 is 5.32 Å². The molecule has 0 aliphatic carbocycles. The lowest BCUT2D eigenvalue weighted by Gasteiger charge is -2.38. The first-order valence-electron chi connectivity index (χ1n) is 9.06. The normalized spacial score (nSPS) is 20.9. The summed E-state index contributed by atoms with van der Waals surface area (Å²) in [5.74, 6) is -0.220. The number of nitrogens with zero attached hydrogens (tertiary/aromatic N) is 1. The van der Waals surface area contributed by atoms with Crippen LogP contribution in [0.15, 0.2) is 22.7 Å². The van der Waals surface area contributed by atoms with Crippen LogP contribution in [0.25, 0.3) is 0 Å². The van der Waals surface area contributed by atoms with Gasteiger partial charge in [-0.2, -0.15) is 0 Å². The zero-order valence-corrected chi connectivity index (χ0v) is 18.9. The minimum Gasteiger partial charge on any atom is -0.413 e. The van der Waals surface area contributed by atoms with Gasteiger partial charge in [0.15, 0.2) is 8.32 Å². The van der Waals surface area contributed by atoms with E-state index in [0.717, 1.165) is 31.6 Å². The van der Waals surface area contributed by atoms with Gasteiger partial charge in [-0.05, 0) is 65.2 Å². The molecule has 3 nitrogen and oxygen atoms in total. The second-order valence-corrected chi connectivity index (χ2v) is 14.2. The summed E-state index contributed by atoms with van der Waals surface area (Å²) in [7, 11) is 0.244. The maximum Gasteiger partial charge on any atom is 0.192 e. The molecular weight excluding hydrogens is 399 g/mol. The first-order valence-corrected chi connectivity index (χ1v) is 12.8. The van der Waals surface area contributed by atoms with Crippen molar-refractivity contribution in [1.29, 1.82) is 0 Å². The smallest absolute Gasteiger partial charge is 0.192 e. The summed E-state index contributed by atoms with van der Waals surface area (Å²) in [5.41, 5.74) is 1.10. The highest BCUT2D eigenvalue weighted by Gasteiger charge is 2.40. The fourth-order valence-corrected chi connectivity index (χ4v) is 4.78. The Kier molecular flexibility index (Phi) is 6.87. The van der Waals surface area contributed by atoms with Crippen LogP contribution in [0, 0.1) is 5.82 Å². The highest BCUT2D eigenvalue weighted by molar-refractivity contribution is 9.10. The number of benzene rings is 1. The van der Waals surface area contributed by atoms with E-state index in [9.17, 15) is 4.39 Å². The molecule has 142 valence electrons. The lowest BCUT2D eigenvalue weighted by Crippen LogP contribution is -2.44. The summed E-state index contributed by atoms with van der Waals surface area (Å²) in [6, 6.07) is 5.44. The average Bonchev–Trinajstić information content (AvgIpc) is 2.93. The minimum atomic E-state index is -1.72. The van der Waals surface area contributed by atoms with Gasteiger partial charge in [0.25, 0.3) is 0 Å². The van der Waals surface area contributed by atoms with Crippen molar-refractivity contribution < 1.29 is 8.82 Å². The molecule has 1 saturated heterocycles. The highest BCUT2D eigenvalue weighted by Crippen LogP contribution is 2.38. The lowest BCUT2D eigenvalue weighted by atomic mass is 10.1. The number of halogens is 2. The van der Waals surface area contributed by atoms with Gasteiger partial charge in [-0.3, -0.25) is 4.90 Å². The Hall–Kier alpha value is -0.273. The maximum atomic E-state index is 13.5. The van der Waals surface area contributed by atoms with E-state index in [4.69, 9.17) is 4.43 Å². The predicted molar refractivity (Wildman–Crippen MR) is 109 cm³/mol. The van der Waals surface area contributed by atoms with Gasteiger partial charge in [-0.15, -0.1) is 0 Å². The monoisotopic (exact) mass is 430 g/mol. The van der Waals surface area contributed by atoms with Crippen molar-refractivity contribution in [3.8, 4) is 0 Å². The van der Waals surface area contributed by atoms with Crippen molar-refractivity contribution in [3.05, 3.63) is 34.1 Å². The van der Waals surface area contributed by atoms with Crippen LogP contribution in [0.5, 0.6) is 0 Å². The van der Waals surface area contributed by atoms with E-state index < -0.39 is 8.32 Å². The lowest BCUT2D eigenvalue weighted by molar-refractivity contribution is 0.177.